The fourth-order valence-corrected chi connectivity index (χ4v) is 1.15. The molecule has 0 heterocycles. The van der Waals surface area contributed by atoms with E-state index < -0.39 is 0 Å². The molecule has 0 aliphatic rings. The molecule has 0 spiro atoms. The zero-order chi connectivity index (χ0) is 9.78. The van der Waals surface area contributed by atoms with E-state index in [1.165, 1.54) is 32.1 Å². The molecule has 0 rings (SSSR count). The van der Waals surface area contributed by atoms with Crippen LogP contribution in [0.15, 0.2) is 12.2 Å². The lowest BCUT2D eigenvalue weighted by Gasteiger charge is -1.97. The Bertz CT molecular complexity index is 113. The lowest BCUT2D eigenvalue weighted by molar-refractivity contribution is 0.559. The average Bonchev–Trinajstić information content (AvgIpc) is 2.16. The molecule has 3 heteroatoms. The Hall–Kier alpha value is -0.380. The highest BCUT2D eigenvalue weighted by molar-refractivity contribution is 4.81. The van der Waals surface area contributed by atoms with Crippen molar-refractivity contribution in [1.82, 2.24) is 11.0 Å². The van der Waals surface area contributed by atoms with Gasteiger partial charge in [-0.3, -0.25) is 5.84 Å². The van der Waals surface area contributed by atoms with E-state index in [0.29, 0.717) is 0 Å². The summed E-state index contributed by atoms with van der Waals surface area (Å²) >= 11 is 0. The van der Waals surface area contributed by atoms with Crippen LogP contribution in [0, 0.1) is 0 Å². The molecule has 0 radical (unpaired) electrons. The quantitative estimate of drug-likeness (QED) is 0.222. The molecule has 78 valence electrons. The van der Waals surface area contributed by atoms with Gasteiger partial charge in [0.1, 0.15) is 0 Å². The number of nitrogens with one attached hydrogen (secondary N) is 2. The van der Waals surface area contributed by atoms with Gasteiger partial charge in [-0.15, -0.1) is 0 Å². The van der Waals surface area contributed by atoms with Gasteiger partial charge >= 0.3 is 0 Å². The predicted molar refractivity (Wildman–Crippen MR) is 57.8 cm³/mol. The molecular weight excluding hydrogens is 162 g/mol. The third kappa shape index (κ3) is 11.6. The van der Waals surface area contributed by atoms with Gasteiger partial charge in [-0.05, 0) is 19.3 Å². The van der Waals surface area contributed by atoms with Gasteiger partial charge in [-0.1, -0.05) is 38.3 Å². The summed E-state index contributed by atoms with van der Waals surface area (Å²) in [5, 5.41) is 0. The smallest absolute Gasteiger partial charge is 0.0147 e. The topological polar surface area (TPSA) is 50.1 Å². The van der Waals surface area contributed by atoms with Gasteiger partial charge in [0.25, 0.3) is 0 Å². The van der Waals surface area contributed by atoms with Crippen LogP contribution in [0.4, 0.5) is 0 Å². The van der Waals surface area contributed by atoms with Gasteiger partial charge in [-0.25, -0.2) is 5.43 Å². The zero-order valence-corrected chi connectivity index (χ0v) is 8.68. The molecule has 0 unspecified atom stereocenters. The average molecular weight is 185 g/mol. The fraction of sp³-hybridized carbons (Fsp3) is 0.800. The summed E-state index contributed by atoms with van der Waals surface area (Å²) in [4.78, 5) is 0. The first-order chi connectivity index (χ1) is 6.41. The minimum Gasteiger partial charge on any atom is -0.258 e. The number of hydrogen-bond donors (Lipinski definition) is 3. The molecule has 0 aliphatic heterocycles. The Morgan fingerprint density at radius 2 is 1.85 bits per heavy atom. The lowest BCUT2D eigenvalue weighted by atomic mass is 10.1. The van der Waals surface area contributed by atoms with E-state index in [2.05, 4.69) is 30.0 Å². The highest BCUT2D eigenvalue weighted by Gasteiger charge is 1.84. The minimum atomic E-state index is 0.891. The first-order valence-corrected chi connectivity index (χ1v) is 5.25. The Labute approximate surface area is 81.7 Å². The van der Waals surface area contributed by atoms with E-state index in [1.807, 2.05) is 0 Å². The van der Waals surface area contributed by atoms with Crippen LogP contribution in [0.5, 0.6) is 0 Å². The lowest BCUT2D eigenvalue weighted by Crippen LogP contribution is -2.38. The number of hydrazine groups is 2. The van der Waals surface area contributed by atoms with Crippen LogP contribution in [0.1, 0.15) is 45.4 Å². The second kappa shape index (κ2) is 11.6. The van der Waals surface area contributed by atoms with E-state index in [1.54, 1.807) is 0 Å². The van der Waals surface area contributed by atoms with E-state index in [-0.39, 0.29) is 0 Å². The van der Waals surface area contributed by atoms with E-state index in [9.17, 15) is 0 Å². The summed E-state index contributed by atoms with van der Waals surface area (Å²) in [6, 6.07) is 0. The third-order valence-electron chi connectivity index (χ3n) is 1.93. The Morgan fingerprint density at radius 1 is 1.08 bits per heavy atom. The molecule has 0 atom stereocenters. The maximum atomic E-state index is 5.04. The fourth-order valence-electron chi connectivity index (χ4n) is 1.15. The van der Waals surface area contributed by atoms with Crippen LogP contribution in [-0.2, 0) is 0 Å². The molecular formula is C10H23N3. The van der Waals surface area contributed by atoms with Crippen LogP contribution >= 0.6 is 0 Å². The zero-order valence-electron chi connectivity index (χ0n) is 8.68. The Balaban J connectivity index is 2.95. The molecule has 0 amide bonds. The van der Waals surface area contributed by atoms with Gasteiger partial charge in [0.05, 0.1) is 0 Å². The molecule has 0 aromatic heterocycles. The third-order valence-corrected chi connectivity index (χ3v) is 1.93. The highest BCUT2D eigenvalue weighted by atomic mass is 15.5. The molecule has 3 nitrogen and oxygen atoms in total. The van der Waals surface area contributed by atoms with Gasteiger partial charge in [0.2, 0.25) is 0 Å². The summed E-state index contributed by atoms with van der Waals surface area (Å²) in [5.41, 5.74) is 5.24. The van der Waals surface area contributed by atoms with Crippen molar-refractivity contribution in [1.29, 1.82) is 0 Å². The monoisotopic (exact) mass is 185 g/mol. The number of allylic oxidation sites excluding steroid dienone is 1. The van der Waals surface area contributed by atoms with Crippen molar-refractivity contribution in [2.24, 2.45) is 5.84 Å². The summed E-state index contributed by atoms with van der Waals surface area (Å²) in [5.74, 6) is 5.04. The summed E-state index contributed by atoms with van der Waals surface area (Å²) in [7, 11) is 0. The first kappa shape index (κ1) is 12.6. The van der Waals surface area contributed by atoms with E-state index in [4.69, 9.17) is 5.84 Å². The van der Waals surface area contributed by atoms with Crippen LogP contribution < -0.4 is 16.8 Å². The van der Waals surface area contributed by atoms with Gasteiger partial charge in [0, 0.05) is 6.54 Å². The maximum absolute atomic E-state index is 5.04. The van der Waals surface area contributed by atoms with Crippen LogP contribution in [0.25, 0.3) is 0 Å². The minimum absolute atomic E-state index is 0.891. The van der Waals surface area contributed by atoms with Crippen molar-refractivity contribution in [2.45, 2.75) is 45.4 Å². The van der Waals surface area contributed by atoms with Crippen molar-refractivity contribution in [2.75, 3.05) is 6.54 Å². The SMILES string of the molecule is CCCCCCC=CCCNNN. The number of unbranched alkanes of at least 4 members (excludes halogenated alkanes) is 4. The van der Waals surface area contributed by atoms with Crippen molar-refractivity contribution >= 4 is 0 Å². The summed E-state index contributed by atoms with van der Waals surface area (Å²) < 4.78 is 0. The van der Waals surface area contributed by atoms with Gasteiger partial charge in [-0.2, -0.15) is 5.53 Å². The summed E-state index contributed by atoms with van der Waals surface area (Å²) in [6.07, 6.45) is 12.1. The van der Waals surface area contributed by atoms with Crippen molar-refractivity contribution in [3.8, 4) is 0 Å². The van der Waals surface area contributed by atoms with Crippen molar-refractivity contribution < 1.29 is 0 Å². The van der Waals surface area contributed by atoms with Crippen molar-refractivity contribution in [3.63, 3.8) is 0 Å². The molecule has 0 bridgehead atoms. The molecule has 13 heavy (non-hydrogen) atoms. The molecule has 0 aliphatic carbocycles. The second-order valence-corrected chi connectivity index (χ2v) is 3.18. The highest BCUT2D eigenvalue weighted by Crippen LogP contribution is 2.02. The van der Waals surface area contributed by atoms with Gasteiger partial charge in [0.15, 0.2) is 0 Å². The molecule has 0 saturated carbocycles. The normalized spacial score (nSPS) is 11.2. The molecule has 0 aromatic carbocycles. The largest absolute Gasteiger partial charge is 0.258 e. The predicted octanol–water partition coefficient (Wildman–Crippen LogP) is 1.87. The number of hydrogen-bond acceptors (Lipinski definition) is 3. The van der Waals surface area contributed by atoms with E-state index in [0.717, 1.165) is 13.0 Å². The van der Waals surface area contributed by atoms with Gasteiger partial charge < -0.3 is 0 Å². The molecule has 0 saturated heterocycles. The van der Waals surface area contributed by atoms with Crippen molar-refractivity contribution in [3.05, 3.63) is 12.2 Å². The standard InChI is InChI=1S/C10H23N3/c1-2-3-4-5-6-7-8-9-10-12-13-11/h7-8,12-13H,2-6,9-11H2,1H3. The number of rotatable bonds is 9. The Morgan fingerprint density at radius 3 is 2.54 bits per heavy atom. The Kier molecular flexibility index (Phi) is 11.3. The molecule has 0 aromatic rings. The van der Waals surface area contributed by atoms with E-state index >= 15 is 0 Å². The van der Waals surface area contributed by atoms with Crippen LogP contribution in [0.2, 0.25) is 0 Å². The van der Waals surface area contributed by atoms with Crippen LogP contribution in [0.3, 0.4) is 0 Å². The second-order valence-electron chi connectivity index (χ2n) is 3.18. The molecule has 0 fully saturated rings. The van der Waals surface area contributed by atoms with Crippen LogP contribution in [-0.4, -0.2) is 6.54 Å². The first-order valence-electron chi connectivity index (χ1n) is 5.25. The summed E-state index contributed by atoms with van der Waals surface area (Å²) in [6.45, 7) is 3.13. The number of nitrogens with two attached hydrogens (primary N) is 1. The maximum Gasteiger partial charge on any atom is 0.0147 e. The molecule has 4 N–H and O–H groups in total.